The van der Waals surface area contributed by atoms with Gasteiger partial charge in [-0.15, -0.1) is 0 Å². The van der Waals surface area contributed by atoms with E-state index in [0.29, 0.717) is 0 Å². The second-order valence-electron chi connectivity index (χ2n) is 2.68. The summed E-state index contributed by atoms with van der Waals surface area (Å²) in [6.45, 7) is 3.29. The van der Waals surface area contributed by atoms with Crippen LogP contribution in [-0.4, -0.2) is 15.9 Å². The van der Waals surface area contributed by atoms with Gasteiger partial charge in [0.1, 0.15) is 0 Å². The number of carbonyl (C=O) groups is 1. The Kier molecular flexibility index (Phi) is 2.02. The number of aromatic nitrogens is 2. The number of carbonyl (C=O) groups excluding carboxylic acids is 1. The van der Waals surface area contributed by atoms with Crippen molar-refractivity contribution in [3.8, 4) is 6.01 Å². The molecule has 70 valence electrons. The number of fused-ring (bicyclic) bond motifs is 1. The molecule has 1 N–H and O–H groups in total. The lowest BCUT2D eigenvalue weighted by molar-refractivity contribution is -0.129. The standard InChI is InChI=1S/C10H8N2O2/c1-2-9(13)14-10-11-7-5-3-4-6-8(7)12-10/h2-6H,1H2,(H,11,12). The molecule has 0 aliphatic carbocycles. The van der Waals surface area contributed by atoms with E-state index in [1.807, 2.05) is 24.3 Å². The largest absolute Gasteiger partial charge is 0.389 e. The van der Waals surface area contributed by atoms with Crippen LogP contribution >= 0.6 is 0 Å². The molecular weight excluding hydrogens is 180 g/mol. The number of aromatic amines is 1. The topological polar surface area (TPSA) is 55.0 Å². The lowest BCUT2D eigenvalue weighted by Gasteiger charge is -1.92. The Bertz CT molecular complexity index is 455. The van der Waals surface area contributed by atoms with Gasteiger partial charge < -0.3 is 9.72 Å². The molecular formula is C10H8N2O2. The lowest BCUT2D eigenvalue weighted by atomic mass is 10.3. The van der Waals surface area contributed by atoms with Gasteiger partial charge in [0, 0.05) is 6.08 Å². The molecule has 0 amide bonds. The van der Waals surface area contributed by atoms with E-state index in [2.05, 4.69) is 16.5 Å². The predicted molar refractivity (Wildman–Crippen MR) is 51.9 cm³/mol. The first-order chi connectivity index (χ1) is 6.79. The van der Waals surface area contributed by atoms with Crippen molar-refractivity contribution in [1.82, 2.24) is 9.97 Å². The van der Waals surface area contributed by atoms with Crippen LogP contribution in [0.4, 0.5) is 0 Å². The first-order valence-electron chi connectivity index (χ1n) is 4.08. The molecule has 0 saturated heterocycles. The molecule has 0 saturated carbocycles. The van der Waals surface area contributed by atoms with E-state index >= 15 is 0 Å². The highest BCUT2D eigenvalue weighted by Gasteiger charge is 2.05. The Morgan fingerprint density at radius 3 is 3.00 bits per heavy atom. The van der Waals surface area contributed by atoms with E-state index in [9.17, 15) is 4.79 Å². The Morgan fingerprint density at radius 2 is 2.29 bits per heavy atom. The quantitative estimate of drug-likeness (QED) is 0.576. The van der Waals surface area contributed by atoms with E-state index in [-0.39, 0.29) is 6.01 Å². The van der Waals surface area contributed by atoms with Crippen LogP contribution in [0.3, 0.4) is 0 Å². The molecule has 2 rings (SSSR count). The molecule has 1 heterocycles. The highest BCUT2D eigenvalue weighted by molar-refractivity contribution is 5.83. The van der Waals surface area contributed by atoms with Crippen LogP contribution in [0.1, 0.15) is 0 Å². The minimum atomic E-state index is -0.524. The Hall–Kier alpha value is -2.10. The SMILES string of the molecule is C=CC(=O)Oc1nc2ccccc2[nH]1. The number of imidazole rings is 1. The van der Waals surface area contributed by atoms with Gasteiger partial charge in [0.2, 0.25) is 0 Å². The minimum absolute atomic E-state index is 0.191. The van der Waals surface area contributed by atoms with Gasteiger partial charge in [0.05, 0.1) is 11.0 Å². The van der Waals surface area contributed by atoms with Gasteiger partial charge in [-0.25, -0.2) is 4.79 Å². The van der Waals surface area contributed by atoms with Crippen LogP contribution in [0.25, 0.3) is 11.0 Å². The zero-order valence-electron chi connectivity index (χ0n) is 7.36. The molecule has 0 bridgehead atoms. The first-order valence-corrected chi connectivity index (χ1v) is 4.08. The van der Waals surface area contributed by atoms with E-state index in [1.54, 1.807) is 0 Å². The van der Waals surface area contributed by atoms with Crippen LogP contribution in [0.2, 0.25) is 0 Å². The van der Waals surface area contributed by atoms with E-state index < -0.39 is 5.97 Å². The van der Waals surface area contributed by atoms with Gasteiger partial charge in [0.25, 0.3) is 0 Å². The number of hydrogen-bond donors (Lipinski definition) is 1. The number of benzene rings is 1. The molecule has 14 heavy (non-hydrogen) atoms. The smallest absolute Gasteiger partial charge is 0.337 e. The van der Waals surface area contributed by atoms with Crippen molar-refractivity contribution >= 4 is 17.0 Å². The second-order valence-corrected chi connectivity index (χ2v) is 2.68. The third kappa shape index (κ3) is 1.50. The van der Waals surface area contributed by atoms with Gasteiger partial charge in [-0.05, 0) is 12.1 Å². The lowest BCUT2D eigenvalue weighted by Crippen LogP contribution is -2.03. The third-order valence-electron chi connectivity index (χ3n) is 1.73. The van der Waals surface area contributed by atoms with Crippen molar-refractivity contribution in [2.75, 3.05) is 0 Å². The van der Waals surface area contributed by atoms with Gasteiger partial charge in [-0.3, -0.25) is 0 Å². The summed E-state index contributed by atoms with van der Waals surface area (Å²) in [7, 11) is 0. The molecule has 0 aliphatic heterocycles. The van der Waals surface area contributed by atoms with E-state index in [0.717, 1.165) is 17.1 Å². The van der Waals surface area contributed by atoms with Crippen molar-refractivity contribution < 1.29 is 9.53 Å². The van der Waals surface area contributed by atoms with Crippen LogP contribution < -0.4 is 4.74 Å². The maximum Gasteiger partial charge on any atom is 0.337 e. The molecule has 0 fully saturated rings. The Labute approximate surface area is 80.2 Å². The molecule has 1 aromatic heterocycles. The summed E-state index contributed by atoms with van der Waals surface area (Å²) in [6, 6.07) is 7.61. The maximum absolute atomic E-state index is 10.9. The molecule has 0 unspecified atom stereocenters. The number of ether oxygens (including phenoxy) is 1. The van der Waals surface area contributed by atoms with Crippen LogP contribution in [0.15, 0.2) is 36.9 Å². The van der Waals surface area contributed by atoms with Crippen LogP contribution in [0.5, 0.6) is 6.01 Å². The summed E-state index contributed by atoms with van der Waals surface area (Å²) in [5, 5.41) is 0. The van der Waals surface area contributed by atoms with Gasteiger partial charge in [-0.1, -0.05) is 18.7 Å². The van der Waals surface area contributed by atoms with E-state index in [4.69, 9.17) is 4.74 Å². The number of para-hydroxylation sites is 2. The second kappa shape index (κ2) is 3.33. The first kappa shape index (κ1) is 8.50. The zero-order chi connectivity index (χ0) is 9.97. The molecule has 2 aromatic rings. The van der Waals surface area contributed by atoms with Gasteiger partial charge >= 0.3 is 12.0 Å². The summed E-state index contributed by atoms with van der Waals surface area (Å²) in [4.78, 5) is 17.8. The normalized spacial score (nSPS) is 10.0. The number of nitrogens with one attached hydrogen (secondary N) is 1. The zero-order valence-corrected chi connectivity index (χ0v) is 7.36. The van der Waals surface area contributed by atoms with Crippen molar-refractivity contribution in [1.29, 1.82) is 0 Å². The predicted octanol–water partition coefficient (Wildman–Crippen LogP) is 1.65. The number of H-pyrrole nitrogens is 1. The van der Waals surface area contributed by atoms with Crippen molar-refractivity contribution in [3.05, 3.63) is 36.9 Å². The number of esters is 1. The number of rotatable bonds is 2. The molecule has 0 atom stereocenters. The average molecular weight is 188 g/mol. The highest BCUT2D eigenvalue weighted by atomic mass is 16.5. The summed E-state index contributed by atoms with van der Waals surface area (Å²) in [5.41, 5.74) is 1.60. The van der Waals surface area contributed by atoms with Crippen LogP contribution in [-0.2, 0) is 4.79 Å². The molecule has 0 radical (unpaired) electrons. The van der Waals surface area contributed by atoms with Crippen LogP contribution in [0, 0.1) is 0 Å². The molecule has 4 nitrogen and oxygen atoms in total. The summed E-state index contributed by atoms with van der Waals surface area (Å²) in [6.07, 6.45) is 1.09. The van der Waals surface area contributed by atoms with Crippen molar-refractivity contribution in [3.63, 3.8) is 0 Å². The summed E-state index contributed by atoms with van der Waals surface area (Å²) in [5.74, 6) is -0.524. The minimum Gasteiger partial charge on any atom is -0.389 e. The fourth-order valence-electron chi connectivity index (χ4n) is 1.11. The van der Waals surface area contributed by atoms with Crippen molar-refractivity contribution in [2.24, 2.45) is 0 Å². The third-order valence-corrected chi connectivity index (χ3v) is 1.73. The molecule has 4 heteroatoms. The number of nitrogens with zero attached hydrogens (tertiary/aromatic N) is 1. The van der Waals surface area contributed by atoms with Gasteiger partial charge in [0.15, 0.2) is 0 Å². The van der Waals surface area contributed by atoms with Gasteiger partial charge in [-0.2, -0.15) is 4.98 Å². The summed E-state index contributed by atoms with van der Waals surface area (Å²) >= 11 is 0. The van der Waals surface area contributed by atoms with Crippen molar-refractivity contribution in [2.45, 2.75) is 0 Å². The summed E-state index contributed by atoms with van der Waals surface area (Å²) < 4.78 is 4.82. The Balaban J connectivity index is 2.35. The molecule has 0 aliphatic rings. The molecule has 1 aromatic carbocycles. The monoisotopic (exact) mass is 188 g/mol. The highest BCUT2D eigenvalue weighted by Crippen LogP contribution is 2.14. The molecule has 0 spiro atoms. The van der Waals surface area contributed by atoms with E-state index in [1.165, 1.54) is 0 Å². The number of hydrogen-bond acceptors (Lipinski definition) is 3. The fourth-order valence-corrected chi connectivity index (χ4v) is 1.11. The fraction of sp³-hybridized carbons (Fsp3) is 0. The maximum atomic E-state index is 10.9. The Morgan fingerprint density at radius 1 is 1.50 bits per heavy atom. The average Bonchev–Trinajstić information content (AvgIpc) is 2.59.